The van der Waals surface area contributed by atoms with Crippen LogP contribution in [0.3, 0.4) is 0 Å². The molecular weight excluding hydrogens is 256 g/mol. The van der Waals surface area contributed by atoms with Gasteiger partial charge in [0.1, 0.15) is 11.9 Å². The van der Waals surface area contributed by atoms with Crippen molar-refractivity contribution in [3.8, 4) is 5.75 Å². The van der Waals surface area contributed by atoms with Crippen molar-refractivity contribution in [2.45, 2.75) is 38.9 Å². The predicted molar refractivity (Wildman–Crippen MR) is 78.8 cm³/mol. The second-order valence-electron chi connectivity index (χ2n) is 4.77. The van der Waals surface area contributed by atoms with Gasteiger partial charge in [0.15, 0.2) is 0 Å². The highest BCUT2D eigenvalue weighted by molar-refractivity contribution is 5.73. The summed E-state index contributed by atoms with van der Waals surface area (Å²) in [7, 11) is 0. The minimum absolute atomic E-state index is 0.122. The molecule has 3 N–H and O–H groups in total. The van der Waals surface area contributed by atoms with Crippen molar-refractivity contribution in [3.63, 3.8) is 0 Å². The Morgan fingerprint density at radius 2 is 1.90 bits per heavy atom. The lowest BCUT2D eigenvalue weighted by Crippen LogP contribution is -2.43. The van der Waals surface area contributed by atoms with Gasteiger partial charge in [-0.3, -0.25) is 0 Å². The van der Waals surface area contributed by atoms with E-state index in [-0.39, 0.29) is 18.7 Å². The van der Waals surface area contributed by atoms with E-state index in [1.807, 2.05) is 44.2 Å². The zero-order chi connectivity index (χ0) is 14.8. The first-order valence-electron chi connectivity index (χ1n) is 7.03. The molecule has 0 bridgehead atoms. The van der Waals surface area contributed by atoms with E-state index in [1.54, 1.807) is 0 Å². The highest BCUT2D eigenvalue weighted by Crippen LogP contribution is 2.10. The number of carbonyl (C=O) groups is 1. The number of benzene rings is 1. The zero-order valence-electron chi connectivity index (χ0n) is 12.1. The Labute approximate surface area is 120 Å². The van der Waals surface area contributed by atoms with Gasteiger partial charge < -0.3 is 20.5 Å². The second-order valence-corrected chi connectivity index (χ2v) is 4.77. The SMILES string of the molecule is CCCC(O)CNC(=O)NCC(C)Oc1ccccc1. The molecule has 20 heavy (non-hydrogen) atoms. The first kappa shape index (κ1) is 16.3. The number of urea groups is 1. The standard InChI is InChI=1S/C15H24N2O3/c1-3-7-13(18)11-17-15(19)16-10-12(2)20-14-8-5-4-6-9-14/h4-6,8-9,12-13,18H,3,7,10-11H2,1-2H3,(H2,16,17,19). The summed E-state index contributed by atoms with van der Waals surface area (Å²) in [6.45, 7) is 4.56. The van der Waals surface area contributed by atoms with Crippen LogP contribution in [-0.4, -0.2) is 36.4 Å². The van der Waals surface area contributed by atoms with Crippen molar-refractivity contribution < 1.29 is 14.6 Å². The molecule has 0 spiro atoms. The molecular formula is C15H24N2O3. The third kappa shape index (κ3) is 6.99. The van der Waals surface area contributed by atoms with Gasteiger partial charge in [0.25, 0.3) is 0 Å². The van der Waals surface area contributed by atoms with Crippen molar-refractivity contribution in [2.24, 2.45) is 0 Å². The number of amides is 2. The van der Waals surface area contributed by atoms with E-state index in [9.17, 15) is 9.90 Å². The van der Waals surface area contributed by atoms with Crippen LogP contribution in [-0.2, 0) is 0 Å². The van der Waals surface area contributed by atoms with Crippen molar-refractivity contribution in [3.05, 3.63) is 30.3 Å². The monoisotopic (exact) mass is 280 g/mol. The smallest absolute Gasteiger partial charge is 0.315 e. The second kappa shape index (κ2) is 9.20. The minimum Gasteiger partial charge on any atom is -0.489 e. The molecule has 1 aromatic carbocycles. The Bertz CT molecular complexity index is 384. The van der Waals surface area contributed by atoms with Crippen LogP contribution in [0.1, 0.15) is 26.7 Å². The largest absolute Gasteiger partial charge is 0.489 e. The number of aliphatic hydroxyl groups is 1. The fraction of sp³-hybridized carbons (Fsp3) is 0.533. The van der Waals surface area contributed by atoms with Crippen LogP contribution in [0.2, 0.25) is 0 Å². The van der Waals surface area contributed by atoms with Gasteiger partial charge in [0, 0.05) is 6.54 Å². The number of rotatable bonds is 8. The quantitative estimate of drug-likeness (QED) is 0.681. The fourth-order valence-corrected chi connectivity index (χ4v) is 1.72. The van der Waals surface area contributed by atoms with Crippen LogP contribution >= 0.6 is 0 Å². The number of carbonyl (C=O) groups excluding carboxylic acids is 1. The Balaban J connectivity index is 2.17. The first-order valence-corrected chi connectivity index (χ1v) is 7.03. The van der Waals surface area contributed by atoms with E-state index >= 15 is 0 Å². The summed E-state index contributed by atoms with van der Waals surface area (Å²) >= 11 is 0. The van der Waals surface area contributed by atoms with E-state index in [2.05, 4.69) is 10.6 Å². The van der Waals surface area contributed by atoms with Gasteiger partial charge in [-0.15, -0.1) is 0 Å². The molecule has 0 fully saturated rings. The molecule has 0 radical (unpaired) electrons. The molecule has 0 heterocycles. The van der Waals surface area contributed by atoms with Gasteiger partial charge in [0.05, 0.1) is 12.6 Å². The van der Waals surface area contributed by atoms with Gasteiger partial charge in [-0.05, 0) is 25.5 Å². The summed E-state index contributed by atoms with van der Waals surface area (Å²) < 4.78 is 5.64. The average molecular weight is 280 g/mol. The van der Waals surface area contributed by atoms with Gasteiger partial charge in [0.2, 0.25) is 0 Å². The number of aliphatic hydroxyl groups excluding tert-OH is 1. The van der Waals surface area contributed by atoms with Gasteiger partial charge >= 0.3 is 6.03 Å². The molecule has 0 saturated carbocycles. The third-order valence-electron chi connectivity index (χ3n) is 2.75. The number of hydrogen-bond donors (Lipinski definition) is 3. The lowest BCUT2D eigenvalue weighted by molar-refractivity contribution is 0.159. The van der Waals surface area contributed by atoms with Crippen LogP contribution < -0.4 is 15.4 Å². The summed E-state index contributed by atoms with van der Waals surface area (Å²) in [5.74, 6) is 0.778. The number of para-hydroxylation sites is 1. The molecule has 0 saturated heterocycles. The maximum absolute atomic E-state index is 11.5. The Morgan fingerprint density at radius 1 is 1.25 bits per heavy atom. The van der Waals surface area contributed by atoms with Crippen molar-refractivity contribution in [1.29, 1.82) is 0 Å². The Morgan fingerprint density at radius 3 is 2.55 bits per heavy atom. The minimum atomic E-state index is -0.483. The molecule has 2 amide bonds. The maximum atomic E-state index is 11.5. The first-order chi connectivity index (χ1) is 9.61. The molecule has 112 valence electrons. The number of ether oxygens (including phenoxy) is 1. The Hall–Kier alpha value is -1.75. The normalized spacial score (nSPS) is 13.3. The molecule has 0 aromatic heterocycles. The number of hydrogen-bond acceptors (Lipinski definition) is 3. The summed E-state index contributed by atoms with van der Waals surface area (Å²) in [4.78, 5) is 11.5. The molecule has 0 aliphatic carbocycles. The topological polar surface area (TPSA) is 70.6 Å². The molecule has 1 aromatic rings. The lowest BCUT2D eigenvalue weighted by Gasteiger charge is -2.16. The van der Waals surface area contributed by atoms with E-state index in [1.165, 1.54) is 0 Å². The van der Waals surface area contributed by atoms with Crippen molar-refractivity contribution >= 4 is 6.03 Å². The van der Waals surface area contributed by atoms with Crippen molar-refractivity contribution in [2.75, 3.05) is 13.1 Å². The number of nitrogens with one attached hydrogen (secondary N) is 2. The highest BCUT2D eigenvalue weighted by atomic mass is 16.5. The van der Waals surface area contributed by atoms with E-state index in [0.717, 1.165) is 12.2 Å². The maximum Gasteiger partial charge on any atom is 0.315 e. The van der Waals surface area contributed by atoms with Crippen LogP contribution in [0, 0.1) is 0 Å². The predicted octanol–water partition coefficient (Wildman–Crippen LogP) is 1.91. The highest BCUT2D eigenvalue weighted by Gasteiger charge is 2.08. The van der Waals surface area contributed by atoms with Gasteiger partial charge in [-0.2, -0.15) is 0 Å². The molecule has 0 aliphatic heterocycles. The van der Waals surface area contributed by atoms with Crippen LogP contribution in [0.15, 0.2) is 30.3 Å². The van der Waals surface area contributed by atoms with Gasteiger partial charge in [-0.1, -0.05) is 31.5 Å². The summed E-state index contributed by atoms with van der Waals surface area (Å²) in [5.41, 5.74) is 0. The van der Waals surface area contributed by atoms with E-state index in [4.69, 9.17) is 4.74 Å². The van der Waals surface area contributed by atoms with Crippen molar-refractivity contribution in [1.82, 2.24) is 10.6 Å². The molecule has 5 heteroatoms. The van der Waals surface area contributed by atoms with E-state index in [0.29, 0.717) is 13.0 Å². The molecule has 2 unspecified atom stereocenters. The van der Waals surface area contributed by atoms with Crippen LogP contribution in [0.25, 0.3) is 0 Å². The molecule has 5 nitrogen and oxygen atoms in total. The van der Waals surface area contributed by atoms with Crippen LogP contribution in [0.5, 0.6) is 5.75 Å². The van der Waals surface area contributed by atoms with Crippen LogP contribution in [0.4, 0.5) is 4.79 Å². The van der Waals surface area contributed by atoms with Gasteiger partial charge in [-0.25, -0.2) is 4.79 Å². The lowest BCUT2D eigenvalue weighted by atomic mass is 10.2. The zero-order valence-corrected chi connectivity index (χ0v) is 12.1. The molecule has 2 atom stereocenters. The Kier molecular flexibility index (Phi) is 7.50. The summed E-state index contributed by atoms with van der Waals surface area (Å²) in [6, 6.07) is 9.18. The average Bonchev–Trinajstić information content (AvgIpc) is 2.44. The molecule has 0 aliphatic rings. The third-order valence-corrected chi connectivity index (χ3v) is 2.75. The fourth-order valence-electron chi connectivity index (χ4n) is 1.72. The summed E-state index contributed by atoms with van der Waals surface area (Å²) in [6.07, 6.45) is 0.979. The van der Waals surface area contributed by atoms with E-state index < -0.39 is 6.10 Å². The summed E-state index contributed by atoms with van der Waals surface area (Å²) in [5, 5.41) is 14.8. The molecule has 1 rings (SSSR count).